The molecule has 0 aliphatic carbocycles. The average molecular weight is 291 g/mol. The minimum absolute atomic E-state index is 0.269. The maximum absolute atomic E-state index is 9.90. The van der Waals surface area contributed by atoms with Crippen molar-refractivity contribution in [3.8, 4) is 5.75 Å². The molecule has 1 aliphatic heterocycles. The molecule has 0 aromatic heterocycles. The molecule has 3 nitrogen and oxygen atoms in total. The summed E-state index contributed by atoms with van der Waals surface area (Å²) in [5.41, 5.74) is 0. The molecule has 0 unspecified atom stereocenters. The number of aliphatic hydroxyl groups excluding tert-OH is 1. The first-order valence-electron chi connectivity index (χ1n) is 6.24. The summed E-state index contributed by atoms with van der Waals surface area (Å²) in [6.45, 7) is 3.31. The average Bonchev–Trinajstić information content (AvgIpc) is 2.80. The number of nitrogens with one attached hydrogen (secondary N) is 1. The van der Waals surface area contributed by atoms with E-state index in [1.807, 2.05) is 0 Å². The Labute approximate surface area is 117 Å². The molecular weight excluding hydrogens is 273 g/mol. The van der Waals surface area contributed by atoms with Gasteiger partial charge in [0.15, 0.2) is 0 Å². The van der Waals surface area contributed by atoms with Gasteiger partial charge in [0.05, 0.1) is 18.1 Å². The third-order valence-corrected chi connectivity index (χ3v) is 3.69. The van der Waals surface area contributed by atoms with Gasteiger partial charge in [-0.15, -0.1) is 0 Å². The van der Waals surface area contributed by atoms with Crippen molar-refractivity contribution in [1.82, 2.24) is 0 Å². The Kier molecular flexibility index (Phi) is 5.13. The number of quaternary nitrogens is 1. The van der Waals surface area contributed by atoms with Gasteiger partial charge < -0.3 is 14.7 Å². The largest absolute Gasteiger partial charge is 0.489 e. The first-order valence-corrected chi connectivity index (χ1v) is 7.00. The van der Waals surface area contributed by atoms with Crippen LogP contribution in [0.2, 0.25) is 10.0 Å². The van der Waals surface area contributed by atoms with E-state index in [1.165, 1.54) is 17.7 Å². The summed E-state index contributed by atoms with van der Waals surface area (Å²) >= 11 is 11.8. The van der Waals surface area contributed by atoms with E-state index in [-0.39, 0.29) is 6.61 Å². The topological polar surface area (TPSA) is 33.9 Å². The molecule has 0 amide bonds. The Hall–Kier alpha value is -0.480. The zero-order valence-electron chi connectivity index (χ0n) is 10.2. The SMILES string of the molecule is O[C@H](COc1ccc(Cl)cc1Cl)C[NH+]1CCCC1. The van der Waals surface area contributed by atoms with Crippen molar-refractivity contribution in [2.45, 2.75) is 18.9 Å². The fourth-order valence-electron chi connectivity index (χ4n) is 2.25. The highest BCUT2D eigenvalue weighted by Gasteiger charge is 2.19. The molecule has 1 saturated heterocycles. The number of rotatable bonds is 5. The third kappa shape index (κ3) is 4.02. The predicted octanol–water partition coefficient (Wildman–Crippen LogP) is 1.41. The Balaban J connectivity index is 1.79. The van der Waals surface area contributed by atoms with E-state index in [9.17, 15) is 5.11 Å². The van der Waals surface area contributed by atoms with E-state index in [0.29, 0.717) is 15.8 Å². The van der Waals surface area contributed by atoms with Gasteiger partial charge in [0.25, 0.3) is 0 Å². The van der Waals surface area contributed by atoms with Gasteiger partial charge in [-0.2, -0.15) is 0 Å². The smallest absolute Gasteiger partial charge is 0.138 e. The number of benzene rings is 1. The first kappa shape index (κ1) is 13.9. The molecular formula is C13H18Cl2NO2+. The van der Waals surface area contributed by atoms with Gasteiger partial charge >= 0.3 is 0 Å². The lowest BCUT2D eigenvalue weighted by molar-refractivity contribution is -0.890. The van der Waals surface area contributed by atoms with Crippen LogP contribution in [0.5, 0.6) is 5.75 Å². The molecule has 0 saturated carbocycles. The maximum atomic E-state index is 9.90. The van der Waals surface area contributed by atoms with Crippen LogP contribution >= 0.6 is 23.2 Å². The molecule has 1 fully saturated rings. The molecule has 1 atom stereocenters. The quantitative estimate of drug-likeness (QED) is 0.860. The van der Waals surface area contributed by atoms with Crippen LogP contribution < -0.4 is 9.64 Å². The maximum Gasteiger partial charge on any atom is 0.138 e. The van der Waals surface area contributed by atoms with Crippen LogP contribution in [0.4, 0.5) is 0 Å². The molecule has 0 radical (unpaired) electrons. The normalized spacial score (nSPS) is 17.9. The standard InChI is InChI=1S/C13H17Cl2NO2/c14-10-3-4-13(12(15)7-10)18-9-11(17)8-16-5-1-2-6-16/h3-4,7,11,17H,1-2,5-6,8-9H2/p+1/t11-/m0/s1. The molecule has 2 N–H and O–H groups in total. The van der Waals surface area contributed by atoms with Crippen LogP contribution in [0.25, 0.3) is 0 Å². The van der Waals surface area contributed by atoms with Crippen molar-refractivity contribution in [1.29, 1.82) is 0 Å². The van der Waals surface area contributed by atoms with Crippen molar-refractivity contribution in [3.05, 3.63) is 28.2 Å². The second kappa shape index (κ2) is 6.62. The molecule has 2 rings (SSSR count). The van der Waals surface area contributed by atoms with Gasteiger partial charge in [-0.05, 0) is 18.2 Å². The molecule has 1 heterocycles. The molecule has 1 aromatic carbocycles. The van der Waals surface area contributed by atoms with Gasteiger partial charge in [-0.3, -0.25) is 0 Å². The minimum Gasteiger partial charge on any atom is -0.489 e. The van der Waals surface area contributed by atoms with Gasteiger partial charge in [0.2, 0.25) is 0 Å². The van der Waals surface area contributed by atoms with Gasteiger partial charge in [-0.1, -0.05) is 23.2 Å². The summed E-state index contributed by atoms with van der Waals surface area (Å²) in [6.07, 6.45) is 2.06. The summed E-state index contributed by atoms with van der Waals surface area (Å²) in [7, 11) is 0. The fourth-order valence-corrected chi connectivity index (χ4v) is 2.71. The minimum atomic E-state index is -0.454. The van der Waals surface area contributed by atoms with Crippen molar-refractivity contribution in [2.75, 3.05) is 26.2 Å². The number of halogens is 2. The van der Waals surface area contributed by atoms with Crippen molar-refractivity contribution < 1.29 is 14.7 Å². The van der Waals surface area contributed by atoms with Gasteiger partial charge in [0, 0.05) is 17.9 Å². The van der Waals surface area contributed by atoms with Crippen LogP contribution in [0.15, 0.2) is 18.2 Å². The molecule has 1 aliphatic rings. The highest BCUT2D eigenvalue weighted by Crippen LogP contribution is 2.27. The second-order valence-electron chi connectivity index (χ2n) is 4.70. The van der Waals surface area contributed by atoms with E-state index >= 15 is 0 Å². The highest BCUT2D eigenvalue weighted by molar-refractivity contribution is 6.35. The molecule has 100 valence electrons. The van der Waals surface area contributed by atoms with Crippen LogP contribution in [0, 0.1) is 0 Å². The Bertz CT molecular complexity index is 395. The van der Waals surface area contributed by atoms with Crippen molar-refractivity contribution in [3.63, 3.8) is 0 Å². The van der Waals surface area contributed by atoms with Crippen molar-refractivity contribution >= 4 is 23.2 Å². The molecule has 5 heteroatoms. The molecule has 0 spiro atoms. The summed E-state index contributed by atoms with van der Waals surface area (Å²) in [6, 6.07) is 5.08. The number of likely N-dealkylation sites (tertiary alicyclic amines) is 1. The number of ether oxygens (including phenoxy) is 1. The van der Waals surface area contributed by atoms with Crippen LogP contribution in [0.1, 0.15) is 12.8 Å². The van der Waals surface area contributed by atoms with Crippen LogP contribution in [-0.4, -0.2) is 37.5 Å². The van der Waals surface area contributed by atoms with E-state index in [1.54, 1.807) is 18.2 Å². The van der Waals surface area contributed by atoms with Crippen LogP contribution in [-0.2, 0) is 0 Å². The van der Waals surface area contributed by atoms with E-state index in [2.05, 4.69) is 0 Å². The zero-order valence-corrected chi connectivity index (χ0v) is 11.7. The molecule has 0 bridgehead atoms. The van der Waals surface area contributed by atoms with E-state index in [0.717, 1.165) is 19.6 Å². The second-order valence-corrected chi connectivity index (χ2v) is 5.54. The van der Waals surface area contributed by atoms with E-state index in [4.69, 9.17) is 27.9 Å². The lowest BCUT2D eigenvalue weighted by Crippen LogP contribution is -3.11. The number of hydrogen-bond donors (Lipinski definition) is 2. The molecule has 1 aromatic rings. The molecule has 18 heavy (non-hydrogen) atoms. The van der Waals surface area contributed by atoms with Crippen LogP contribution in [0.3, 0.4) is 0 Å². The number of hydrogen-bond acceptors (Lipinski definition) is 2. The third-order valence-electron chi connectivity index (χ3n) is 3.16. The van der Waals surface area contributed by atoms with Gasteiger partial charge in [0.1, 0.15) is 25.0 Å². The fraction of sp³-hybridized carbons (Fsp3) is 0.538. The Morgan fingerprint density at radius 3 is 2.67 bits per heavy atom. The summed E-state index contributed by atoms with van der Waals surface area (Å²) < 4.78 is 5.51. The van der Waals surface area contributed by atoms with Gasteiger partial charge in [-0.25, -0.2) is 0 Å². The summed E-state index contributed by atoms with van der Waals surface area (Å²) in [5.74, 6) is 0.566. The number of aliphatic hydroxyl groups is 1. The highest BCUT2D eigenvalue weighted by atomic mass is 35.5. The Morgan fingerprint density at radius 2 is 2.00 bits per heavy atom. The predicted molar refractivity (Wildman–Crippen MR) is 72.8 cm³/mol. The summed E-state index contributed by atoms with van der Waals surface area (Å²) in [5, 5.41) is 11.0. The van der Waals surface area contributed by atoms with E-state index < -0.39 is 6.10 Å². The lowest BCUT2D eigenvalue weighted by atomic mass is 10.3. The summed E-state index contributed by atoms with van der Waals surface area (Å²) in [4.78, 5) is 1.45. The van der Waals surface area contributed by atoms with Crippen molar-refractivity contribution in [2.24, 2.45) is 0 Å². The monoisotopic (exact) mass is 290 g/mol. The zero-order chi connectivity index (χ0) is 13.0. The lowest BCUT2D eigenvalue weighted by Gasteiger charge is -2.17. The first-order chi connectivity index (χ1) is 8.65. The Morgan fingerprint density at radius 1 is 1.28 bits per heavy atom.